The van der Waals surface area contributed by atoms with Crippen LogP contribution in [0.15, 0.2) is 28.9 Å². The highest BCUT2D eigenvalue weighted by Gasteiger charge is 2.15. The second-order valence-corrected chi connectivity index (χ2v) is 3.65. The summed E-state index contributed by atoms with van der Waals surface area (Å²) in [5.74, 6) is 0. The van der Waals surface area contributed by atoms with Gasteiger partial charge in [-0.05, 0) is 17.7 Å². The highest BCUT2D eigenvalue weighted by molar-refractivity contribution is 9.10. The first-order valence-corrected chi connectivity index (χ1v) is 4.45. The molecule has 1 heterocycles. The molecule has 3 heteroatoms. The van der Waals surface area contributed by atoms with E-state index in [2.05, 4.69) is 15.9 Å². The molecular weight excluding hydrogens is 218 g/mol. The fraction of sp³-hybridized carbons (Fsp3) is 0.111. The molecule has 0 saturated heterocycles. The maximum absolute atomic E-state index is 11.0. The number of nitrogens with zero attached hydrogens (tertiary/aromatic N) is 1. The van der Waals surface area contributed by atoms with E-state index in [0.29, 0.717) is 6.54 Å². The Bertz CT molecular complexity index is 371. The number of halogens is 1. The van der Waals surface area contributed by atoms with Crippen molar-refractivity contribution in [1.82, 2.24) is 0 Å². The van der Waals surface area contributed by atoms with Crippen molar-refractivity contribution in [3.8, 4) is 0 Å². The summed E-state index contributed by atoms with van der Waals surface area (Å²) in [6.07, 6.45) is 3.38. The standard InChI is InChI=1S/C9H7BrNO/c10-9-2-1-7-3-4-11(12)6-8(7)5-9/h1-5H,6H2/q+1. The number of fused-ring (bicyclic) bond motifs is 1. The van der Waals surface area contributed by atoms with E-state index in [4.69, 9.17) is 0 Å². The molecule has 0 fully saturated rings. The lowest BCUT2D eigenvalue weighted by atomic mass is 10.1. The lowest BCUT2D eigenvalue weighted by Gasteiger charge is -2.03. The Labute approximate surface area is 78.6 Å². The average Bonchev–Trinajstić information content (AvgIpc) is 2.03. The van der Waals surface area contributed by atoms with E-state index in [1.165, 1.54) is 0 Å². The molecule has 60 valence electrons. The third-order valence-electron chi connectivity index (χ3n) is 1.85. The van der Waals surface area contributed by atoms with Crippen LogP contribution in [0.4, 0.5) is 0 Å². The van der Waals surface area contributed by atoms with Crippen molar-refractivity contribution in [3.63, 3.8) is 0 Å². The zero-order valence-electron chi connectivity index (χ0n) is 6.33. The predicted octanol–water partition coefficient (Wildman–Crippen LogP) is 2.71. The smallest absolute Gasteiger partial charge is 0.0531 e. The van der Waals surface area contributed by atoms with Gasteiger partial charge in [0, 0.05) is 25.8 Å². The Kier molecular flexibility index (Phi) is 1.81. The minimum atomic E-state index is 0.450. The zero-order valence-corrected chi connectivity index (χ0v) is 7.91. The lowest BCUT2D eigenvalue weighted by Crippen LogP contribution is -2.05. The van der Waals surface area contributed by atoms with Gasteiger partial charge >= 0.3 is 0 Å². The van der Waals surface area contributed by atoms with Crippen molar-refractivity contribution in [1.29, 1.82) is 0 Å². The summed E-state index contributed by atoms with van der Waals surface area (Å²) in [6.45, 7) is 0.450. The number of hydrogen-bond donors (Lipinski definition) is 0. The fourth-order valence-electron chi connectivity index (χ4n) is 1.26. The Morgan fingerprint density at radius 1 is 1.42 bits per heavy atom. The molecule has 0 atom stereocenters. The van der Waals surface area contributed by atoms with Crippen LogP contribution in [0.1, 0.15) is 11.1 Å². The van der Waals surface area contributed by atoms with Gasteiger partial charge in [-0.2, -0.15) is 0 Å². The molecule has 12 heavy (non-hydrogen) atoms. The molecule has 2 rings (SSSR count). The molecule has 0 aliphatic carbocycles. The Morgan fingerprint density at radius 2 is 2.25 bits per heavy atom. The number of rotatable bonds is 0. The predicted molar refractivity (Wildman–Crippen MR) is 50.5 cm³/mol. The third kappa shape index (κ3) is 1.32. The van der Waals surface area contributed by atoms with Crippen LogP contribution in [0.2, 0.25) is 0 Å². The Morgan fingerprint density at radius 3 is 3.08 bits per heavy atom. The lowest BCUT2D eigenvalue weighted by molar-refractivity contribution is -0.496. The maximum atomic E-state index is 11.0. The number of hydrogen-bond acceptors (Lipinski definition) is 1. The van der Waals surface area contributed by atoms with Gasteiger partial charge in [0.2, 0.25) is 12.7 Å². The van der Waals surface area contributed by atoms with Gasteiger partial charge < -0.3 is 0 Å². The van der Waals surface area contributed by atoms with Crippen LogP contribution in [-0.4, -0.2) is 4.76 Å². The summed E-state index contributed by atoms with van der Waals surface area (Å²) in [5.41, 5.74) is 2.20. The van der Waals surface area contributed by atoms with Gasteiger partial charge in [0.15, 0.2) is 0 Å². The van der Waals surface area contributed by atoms with Gasteiger partial charge in [0.05, 0.1) is 0 Å². The van der Waals surface area contributed by atoms with Crippen molar-refractivity contribution in [2.75, 3.05) is 0 Å². The minimum Gasteiger partial charge on any atom is -0.0531 e. The van der Waals surface area contributed by atoms with Crippen molar-refractivity contribution in [2.45, 2.75) is 6.54 Å². The highest BCUT2D eigenvalue weighted by atomic mass is 79.9. The second-order valence-electron chi connectivity index (χ2n) is 2.73. The van der Waals surface area contributed by atoms with E-state index in [0.717, 1.165) is 20.4 Å². The van der Waals surface area contributed by atoms with Gasteiger partial charge in [-0.15, -0.1) is 0 Å². The number of benzene rings is 1. The molecule has 0 bridgehead atoms. The number of nitroso groups, excluding NO2 is 1. The molecule has 1 aliphatic heterocycles. The summed E-state index contributed by atoms with van der Waals surface area (Å²) in [4.78, 5) is 11.0. The van der Waals surface area contributed by atoms with Crippen LogP contribution in [0.5, 0.6) is 0 Å². The third-order valence-corrected chi connectivity index (χ3v) is 2.34. The molecule has 0 saturated carbocycles. The summed E-state index contributed by atoms with van der Waals surface area (Å²) < 4.78 is 1.94. The van der Waals surface area contributed by atoms with Crippen LogP contribution < -0.4 is 0 Å². The van der Waals surface area contributed by atoms with Crippen molar-refractivity contribution in [3.05, 3.63) is 44.9 Å². The molecule has 0 amide bonds. The largest absolute Gasteiger partial charge is 0.224 e. The van der Waals surface area contributed by atoms with Crippen LogP contribution in [-0.2, 0) is 6.54 Å². The monoisotopic (exact) mass is 224 g/mol. The average molecular weight is 225 g/mol. The maximum Gasteiger partial charge on any atom is 0.224 e. The highest BCUT2D eigenvalue weighted by Crippen LogP contribution is 2.21. The molecule has 0 unspecified atom stereocenters. The van der Waals surface area contributed by atoms with Crippen molar-refractivity contribution in [2.24, 2.45) is 0 Å². The topological polar surface area (TPSA) is 20.1 Å². The summed E-state index contributed by atoms with van der Waals surface area (Å²) in [5, 5.41) is 0. The first-order chi connectivity index (χ1) is 5.75. The van der Waals surface area contributed by atoms with Crippen LogP contribution >= 0.6 is 15.9 Å². The normalized spacial score (nSPS) is 14.6. The van der Waals surface area contributed by atoms with Gasteiger partial charge in [0.25, 0.3) is 0 Å². The summed E-state index contributed by atoms with van der Waals surface area (Å²) >= 11 is 3.37. The first kappa shape index (κ1) is 7.68. The summed E-state index contributed by atoms with van der Waals surface area (Å²) in [7, 11) is 0. The van der Waals surface area contributed by atoms with Crippen LogP contribution in [0, 0.1) is 4.91 Å². The van der Waals surface area contributed by atoms with Gasteiger partial charge in [-0.25, -0.2) is 0 Å². The SMILES string of the molecule is O=[N+]1C=Cc2ccc(Br)cc2C1. The van der Waals surface area contributed by atoms with Crippen molar-refractivity contribution >= 4 is 22.0 Å². The zero-order chi connectivity index (χ0) is 8.55. The van der Waals surface area contributed by atoms with Crippen LogP contribution in [0.25, 0.3) is 6.08 Å². The van der Waals surface area contributed by atoms with Crippen LogP contribution in [0.3, 0.4) is 0 Å². The van der Waals surface area contributed by atoms with Crippen molar-refractivity contribution < 1.29 is 4.76 Å². The summed E-state index contributed by atoms with van der Waals surface area (Å²) in [6, 6.07) is 5.95. The van der Waals surface area contributed by atoms with E-state index in [1.54, 1.807) is 6.20 Å². The molecule has 1 aliphatic rings. The van der Waals surface area contributed by atoms with E-state index in [1.807, 2.05) is 24.3 Å². The van der Waals surface area contributed by atoms with E-state index in [9.17, 15) is 4.91 Å². The molecule has 2 nitrogen and oxygen atoms in total. The van der Waals surface area contributed by atoms with Gasteiger partial charge in [-0.3, -0.25) is 0 Å². The Hall–Kier alpha value is -0.960. The Balaban J connectivity index is 2.54. The van der Waals surface area contributed by atoms with E-state index in [-0.39, 0.29) is 0 Å². The molecule has 0 N–H and O–H groups in total. The molecule has 1 aromatic rings. The van der Waals surface area contributed by atoms with E-state index < -0.39 is 0 Å². The minimum absolute atomic E-state index is 0.450. The van der Waals surface area contributed by atoms with Gasteiger partial charge in [0.1, 0.15) is 0 Å². The molecular formula is C9H7BrNO+. The quantitative estimate of drug-likeness (QED) is 0.621. The molecule has 0 spiro atoms. The van der Waals surface area contributed by atoms with E-state index >= 15 is 0 Å². The second kappa shape index (κ2) is 2.83. The molecule has 0 aromatic heterocycles. The fourth-order valence-corrected chi connectivity index (χ4v) is 1.67. The molecule has 1 aromatic carbocycles. The van der Waals surface area contributed by atoms with Gasteiger partial charge in [-0.1, -0.05) is 22.0 Å². The first-order valence-electron chi connectivity index (χ1n) is 3.66. The molecule has 0 radical (unpaired) electrons.